The molecular weight excluding hydrogens is 174 g/mol. The van der Waals surface area contributed by atoms with E-state index in [0.717, 1.165) is 17.1 Å². The summed E-state index contributed by atoms with van der Waals surface area (Å²) in [6.45, 7) is 15.7. The van der Waals surface area contributed by atoms with Crippen molar-refractivity contribution in [2.24, 2.45) is 4.99 Å². The molecule has 0 aliphatic rings. The molecule has 0 saturated carbocycles. The van der Waals surface area contributed by atoms with Crippen molar-refractivity contribution in [2.75, 3.05) is 0 Å². The molecule has 0 spiro atoms. The topological polar surface area (TPSA) is 30.2 Å². The van der Waals surface area contributed by atoms with E-state index in [9.17, 15) is 0 Å². The van der Waals surface area contributed by atoms with E-state index < -0.39 is 0 Å². The minimum Gasteiger partial charge on any atom is -0.245 e. The van der Waals surface area contributed by atoms with E-state index in [2.05, 4.69) is 44.2 Å². The van der Waals surface area contributed by atoms with Crippen LogP contribution in [0.4, 0.5) is 5.82 Å². The van der Waals surface area contributed by atoms with Crippen molar-refractivity contribution in [2.45, 2.75) is 33.1 Å². The molecule has 76 valence electrons. The zero-order chi connectivity index (χ0) is 10.9. The summed E-state index contributed by atoms with van der Waals surface area (Å²) < 4.78 is 1.67. The molecule has 0 saturated heterocycles. The van der Waals surface area contributed by atoms with Gasteiger partial charge in [-0.05, 0) is 19.1 Å². The summed E-state index contributed by atoms with van der Waals surface area (Å²) in [4.78, 5) is 4.01. The van der Waals surface area contributed by atoms with Gasteiger partial charge < -0.3 is 0 Å². The lowest BCUT2D eigenvalue weighted by molar-refractivity contribution is 0.587. The lowest BCUT2D eigenvalue weighted by atomic mass is 9.87. The van der Waals surface area contributed by atoms with Crippen molar-refractivity contribution >= 4 is 18.7 Å². The smallest absolute Gasteiger partial charge is 0.158 e. The van der Waals surface area contributed by atoms with Gasteiger partial charge in [0.15, 0.2) is 5.82 Å². The van der Waals surface area contributed by atoms with Gasteiger partial charge in [-0.15, -0.1) is 0 Å². The van der Waals surface area contributed by atoms with E-state index in [-0.39, 0.29) is 5.41 Å². The van der Waals surface area contributed by atoms with Crippen LogP contribution in [0.15, 0.2) is 11.6 Å². The summed E-state index contributed by atoms with van der Waals surface area (Å²) in [6.07, 6.45) is 1.65. The minimum absolute atomic E-state index is 0.0296. The summed E-state index contributed by atoms with van der Waals surface area (Å²) >= 11 is 0. The summed E-state index contributed by atoms with van der Waals surface area (Å²) in [7, 11) is 0. The van der Waals surface area contributed by atoms with Crippen LogP contribution in [0.3, 0.4) is 0 Å². The molecule has 14 heavy (non-hydrogen) atoms. The van der Waals surface area contributed by atoms with Gasteiger partial charge in [0.05, 0.1) is 5.69 Å². The van der Waals surface area contributed by atoms with Crippen LogP contribution in [0.5, 0.6) is 0 Å². The lowest BCUT2D eigenvalue weighted by Gasteiger charge is -2.18. The second kappa shape index (κ2) is 3.40. The van der Waals surface area contributed by atoms with Gasteiger partial charge in [0.1, 0.15) is 0 Å². The van der Waals surface area contributed by atoms with E-state index >= 15 is 0 Å². The van der Waals surface area contributed by atoms with Gasteiger partial charge in [-0.2, -0.15) is 5.10 Å². The maximum Gasteiger partial charge on any atom is 0.158 e. The molecule has 1 aromatic rings. The monoisotopic (exact) mass is 191 g/mol. The molecule has 3 heteroatoms. The average molecular weight is 191 g/mol. The number of aryl methyl sites for hydroxylation is 1. The second-order valence-electron chi connectivity index (χ2n) is 4.32. The van der Waals surface area contributed by atoms with E-state index in [1.165, 1.54) is 0 Å². The van der Waals surface area contributed by atoms with Crippen LogP contribution in [0.2, 0.25) is 0 Å². The zero-order valence-electron chi connectivity index (χ0n) is 9.33. The fourth-order valence-corrected chi connectivity index (χ4v) is 1.69. The molecule has 0 aliphatic heterocycles. The Morgan fingerprint density at radius 3 is 2.36 bits per heavy atom. The molecule has 0 bridgehead atoms. The average Bonchev–Trinajstić information content (AvgIpc) is 2.40. The quantitative estimate of drug-likeness (QED) is 0.661. The van der Waals surface area contributed by atoms with Crippen LogP contribution < -0.4 is 0 Å². The molecule has 3 nitrogen and oxygen atoms in total. The van der Waals surface area contributed by atoms with Crippen LogP contribution in [-0.4, -0.2) is 16.5 Å². The summed E-state index contributed by atoms with van der Waals surface area (Å²) in [5.74, 6) is 0.796. The third-order valence-electron chi connectivity index (χ3n) is 2.13. The fraction of sp³-hybridized carbons (Fsp3) is 0.455. The van der Waals surface area contributed by atoms with Crippen molar-refractivity contribution in [3.63, 3.8) is 0 Å². The van der Waals surface area contributed by atoms with Crippen LogP contribution >= 0.6 is 0 Å². The standard InChI is InChI=1S/C11H17N3/c1-7-14-10(12-6)9(8(2)13-14)11(3,4)5/h7H,1,6H2,2-5H3. The summed E-state index contributed by atoms with van der Waals surface area (Å²) in [6, 6.07) is 0. The number of aliphatic imine (C=N–C) groups is 1. The maximum atomic E-state index is 4.33. The predicted molar refractivity (Wildman–Crippen MR) is 61.3 cm³/mol. The van der Waals surface area contributed by atoms with Gasteiger partial charge in [-0.25, -0.2) is 9.67 Å². The number of rotatable bonds is 2. The highest BCUT2D eigenvalue weighted by molar-refractivity contribution is 5.54. The van der Waals surface area contributed by atoms with Gasteiger partial charge in [-0.3, -0.25) is 0 Å². The van der Waals surface area contributed by atoms with Gasteiger partial charge in [0, 0.05) is 11.8 Å². The number of hydrogen-bond donors (Lipinski definition) is 0. The summed E-state index contributed by atoms with van der Waals surface area (Å²) in [5, 5.41) is 4.33. The highest BCUT2D eigenvalue weighted by Crippen LogP contribution is 2.33. The molecule has 0 unspecified atom stereocenters. The first-order chi connectivity index (χ1) is 6.41. The first-order valence-electron chi connectivity index (χ1n) is 4.60. The maximum absolute atomic E-state index is 4.33. The fourth-order valence-electron chi connectivity index (χ4n) is 1.69. The molecule has 0 radical (unpaired) electrons. The van der Waals surface area contributed by atoms with Crippen LogP contribution in [-0.2, 0) is 5.41 Å². The Labute approximate surface area is 85.2 Å². The Kier molecular flexibility index (Phi) is 2.60. The second-order valence-corrected chi connectivity index (χ2v) is 4.32. The van der Waals surface area contributed by atoms with Crippen molar-refractivity contribution in [1.29, 1.82) is 0 Å². The Bertz CT molecular complexity index is 367. The van der Waals surface area contributed by atoms with Crippen LogP contribution in [0.25, 0.3) is 6.20 Å². The lowest BCUT2D eigenvalue weighted by Crippen LogP contribution is -2.11. The predicted octanol–water partition coefficient (Wildman–Crippen LogP) is 2.92. The van der Waals surface area contributed by atoms with Gasteiger partial charge in [-0.1, -0.05) is 27.4 Å². The minimum atomic E-state index is 0.0296. The summed E-state index contributed by atoms with van der Waals surface area (Å²) in [5.41, 5.74) is 2.15. The molecule has 1 aromatic heterocycles. The molecule has 0 atom stereocenters. The highest BCUT2D eigenvalue weighted by Gasteiger charge is 2.24. The van der Waals surface area contributed by atoms with Crippen molar-refractivity contribution in [3.05, 3.63) is 17.8 Å². The molecule has 0 fully saturated rings. The third kappa shape index (κ3) is 1.62. The normalized spacial score (nSPS) is 11.4. The van der Waals surface area contributed by atoms with E-state index in [4.69, 9.17) is 0 Å². The molecule has 0 N–H and O–H groups in total. The van der Waals surface area contributed by atoms with Gasteiger partial charge in [0.25, 0.3) is 0 Å². The number of hydrogen-bond acceptors (Lipinski definition) is 2. The van der Waals surface area contributed by atoms with Crippen molar-refractivity contribution in [3.8, 4) is 0 Å². The largest absolute Gasteiger partial charge is 0.245 e. The van der Waals surface area contributed by atoms with Gasteiger partial charge >= 0.3 is 0 Å². The van der Waals surface area contributed by atoms with E-state index in [1.54, 1.807) is 10.9 Å². The van der Waals surface area contributed by atoms with Crippen molar-refractivity contribution < 1.29 is 0 Å². The Hall–Kier alpha value is -1.38. The highest BCUT2D eigenvalue weighted by atomic mass is 15.3. The van der Waals surface area contributed by atoms with Gasteiger partial charge in [0.2, 0.25) is 0 Å². The van der Waals surface area contributed by atoms with E-state index in [0.29, 0.717) is 0 Å². The molecule has 1 heterocycles. The Morgan fingerprint density at radius 1 is 1.43 bits per heavy atom. The van der Waals surface area contributed by atoms with E-state index in [1.807, 2.05) is 6.92 Å². The Balaban J connectivity index is 3.48. The number of aromatic nitrogens is 2. The molecule has 0 aromatic carbocycles. The SMILES string of the molecule is C=Cn1nc(C)c(C(C)(C)C)c1N=C. The number of nitrogens with zero attached hydrogens (tertiary/aromatic N) is 3. The zero-order valence-corrected chi connectivity index (χ0v) is 9.33. The first-order valence-corrected chi connectivity index (χ1v) is 4.60. The molecule has 0 amide bonds. The van der Waals surface area contributed by atoms with Crippen LogP contribution in [0.1, 0.15) is 32.0 Å². The molecule has 0 aliphatic carbocycles. The Morgan fingerprint density at radius 2 is 2.00 bits per heavy atom. The third-order valence-corrected chi connectivity index (χ3v) is 2.13. The molecule has 1 rings (SSSR count). The van der Waals surface area contributed by atoms with Crippen molar-refractivity contribution in [1.82, 2.24) is 9.78 Å². The first kappa shape index (κ1) is 10.7. The van der Waals surface area contributed by atoms with Crippen LogP contribution in [0, 0.1) is 6.92 Å². The molecular formula is C11H17N3.